The molecule has 1 aromatic heterocycles. The third kappa shape index (κ3) is 3.96. The van der Waals surface area contributed by atoms with Crippen LogP contribution < -0.4 is 5.32 Å². The number of hydrogen-bond donors (Lipinski definition) is 1. The number of nitrogens with one attached hydrogen (secondary N) is 1. The molecule has 0 bridgehead atoms. The first-order valence-corrected chi connectivity index (χ1v) is 5.92. The zero-order valence-electron chi connectivity index (χ0n) is 8.55. The first-order chi connectivity index (χ1) is 6.76. The Morgan fingerprint density at radius 2 is 2.36 bits per heavy atom. The second kappa shape index (κ2) is 6.40. The van der Waals surface area contributed by atoms with Crippen LogP contribution in [0.5, 0.6) is 0 Å². The van der Waals surface area contributed by atoms with Gasteiger partial charge >= 0.3 is 0 Å². The van der Waals surface area contributed by atoms with Gasteiger partial charge in [-0.25, -0.2) is 0 Å². The predicted molar refractivity (Wildman–Crippen MR) is 62.4 cm³/mol. The second-order valence-electron chi connectivity index (χ2n) is 3.12. The molecule has 0 aliphatic carbocycles. The number of ether oxygens (including phenoxy) is 1. The van der Waals surface area contributed by atoms with Gasteiger partial charge in [-0.2, -0.15) is 0 Å². The number of methoxy groups -OCH3 is 1. The van der Waals surface area contributed by atoms with Crippen molar-refractivity contribution in [1.29, 1.82) is 0 Å². The molecule has 0 fully saturated rings. The van der Waals surface area contributed by atoms with Crippen LogP contribution in [0.1, 0.15) is 11.8 Å². The summed E-state index contributed by atoms with van der Waals surface area (Å²) in [5.41, 5.74) is 0. The molecular weight excluding hydrogens is 218 g/mol. The molecule has 14 heavy (non-hydrogen) atoms. The largest absolute Gasteiger partial charge is 0.383 e. The van der Waals surface area contributed by atoms with Gasteiger partial charge < -0.3 is 10.1 Å². The zero-order chi connectivity index (χ0) is 10.4. The smallest absolute Gasteiger partial charge is 0.0931 e. The molecule has 0 aliphatic heterocycles. The van der Waals surface area contributed by atoms with E-state index in [1.165, 1.54) is 4.88 Å². The van der Waals surface area contributed by atoms with Crippen molar-refractivity contribution in [3.8, 4) is 0 Å². The van der Waals surface area contributed by atoms with Gasteiger partial charge in [-0.3, -0.25) is 0 Å². The molecule has 0 aromatic carbocycles. The van der Waals surface area contributed by atoms with Crippen molar-refractivity contribution in [2.24, 2.45) is 0 Å². The van der Waals surface area contributed by atoms with Crippen LogP contribution in [0.25, 0.3) is 0 Å². The molecule has 0 saturated carbocycles. The van der Waals surface area contributed by atoms with Crippen molar-refractivity contribution in [2.75, 3.05) is 20.3 Å². The van der Waals surface area contributed by atoms with Gasteiger partial charge in [0.25, 0.3) is 0 Å². The molecule has 80 valence electrons. The van der Waals surface area contributed by atoms with E-state index < -0.39 is 0 Å². The van der Waals surface area contributed by atoms with Crippen molar-refractivity contribution in [2.45, 2.75) is 19.4 Å². The lowest BCUT2D eigenvalue weighted by Crippen LogP contribution is -2.34. The maximum atomic E-state index is 5.86. The normalized spacial score (nSPS) is 13.1. The van der Waals surface area contributed by atoms with Crippen molar-refractivity contribution in [3.05, 3.63) is 21.3 Å². The summed E-state index contributed by atoms with van der Waals surface area (Å²) in [6.07, 6.45) is 0.985. The first-order valence-electron chi connectivity index (χ1n) is 4.72. The van der Waals surface area contributed by atoms with E-state index in [-0.39, 0.29) is 0 Å². The van der Waals surface area contributed by atoms with E-state index in [0.29, 0.717) is 6.04 Å². The highest BCUT2D eigenvalue weighted by molar-refractivity contribution is 7.16. The van der Waals surface area contributed by atoms with E-state index in [0.717, 1.165) is 23.9 Å². The van der Waals surface area contributed by atoms with E-state index >= 15 is 0 Å². The summed E-state index contributed by atoms with van der Waals surface area (Å²) < 4.78 is 6.00. The molecule has 1 unspecified atom stereocenters. The minimum atomic E-state index is 0.389. The number of likely N-dealkylation sites (N-methyl/N-ethyl adjacent to an activating group) is 1. The monoisotopic (exact) mass is 233 g/mol. The van der Waals surface area contributed by atoms with Crippen LogP contribution in [0.4, 0.5) is 0 Å². The molecule has 0 radical (unpaired) electrons. The molecular formula is C10H16ClNOS. The van der Waals surface area contributed by atoms with Gasteiger partial charge in [-0.15, -0.1) is 11.3 Å². The van der Waals surface area contributed by atoms with Crippen molar-refractivity contribution >= 4 is 22.9 Å². The predicted octanol–water partition coefficient (Wildman–Crippen LogP) is 2.57. The Balaban J connectivity index is 2.46. The summed E-state index contributed by atoms with van der Waals surface area (Å²) >= 11 is 7.50. The van der Waals surface area contributed by atoms with Gasteiger partial charge in [-0.05, 0) is 25.1 Å². The van der Waals surface area contributed by atoms with E-state index in [1.54, 1.807) is 18.4 Å². The van der Waals surface area contributed by atoms with Gasteiger partial charge in [0.15, 0.2) is 0 Å². The van der Waals surface area contributed by atoms with E-state index in [1.807, 2.05) is 6.07 Å². The van der Waals surface area contributed by atoms with Crippen LogP contribution >= 0.6 is 22.9 Å². The molecule has 1 N–H and O–H groups in total. The van der Waals surface area contributed by atoms with Crippen LogP contribution in [0.2, 0.25) is 4.34 Å². The van der Waals surface area contributed by atoms with Crippen LogP contribution in [0, 0.1) is 0 Å². The van der Waals surface area contributed by atoms with E-state index in [4.69, 9.17) is 16.3 Å². The standard InChI is InChI=1S/C10H16ClNOS/c1-3-12-8(7-13-2)6-9-4-5-10(11)14-9/h4-5,8,12H,3,6-7H2,1-2H3. The number of hydrogen-bond acceptors (Lipinski definition) is 3. The average Bonchev–Trinajstić information content (AvgIpc) is 2.52. The Morgan fingerprint density at radius 3 is 2.86 bits per heavy atom. The maximum Gasteiger partial charge on any atom is 0.0931 e. The zero-order valence-corrected chi connectivity index (χ0v) is 10.1. The lowest BCUT2D eigenvalue weighted by atomic mass is 10.2. The summed E-state index contributed by atoms with van der Waals surface area (Å²) in [7, 11) is 1.73. The lowest BCUT2D eigenvalue weighted by Gasteiger charge is -2.15. The Hall–Kier alpha value is -0.0900. The Bertz CT molecular complexity index is 258. The molecule has 4 heteroatoms. The minimum absolute atomic E-state index is 0.389. The third-order valence-corrected chi connectivity index (χ3v) is 3.19. The van der Waals surface area contributed by atoms with Gasteiger partial charge in [0.2, 0.25) is 0 Å². The molecule has 1 heterocycles. The summed E-state index contributed by atoms with van der Waals surface area (Å²) in [6.45, 7) is 3.81. The average molecular weight is 234 g/mol. The van der Waals surface area contributed by atoms with Crippen LogP contribution in [0.3, 0.4) is 0 Å². The van der Waals surface area contributed by atoms with Crippen molar-refractivity contribution in [3.63, 3.8) is 0 Å². The van der Waals surface area contributed by atoms with Gasteiger partial charge in [0, 0.05) is 18.0 Å². The van der Waals surface area contributed by atoms with Gasteiger partial charge in [-0.1, -0.05) is 18.5 Å². The Morgan fingerprint density at radius 1 is 1.57 bits per heavy atom. The number of halogens is 1. The molecule has 2 nitrogen and oxygen atoms in total. The fourth-order valence-corrected chi connectivity index (χ4v) is 2.55. The van der Waals surface area contributed by atoms with Crippen LogP contribution in [-0.4, -0.2) is 26.3 Å². The highest BCUT2D eigenvalue weighted by atomic mass is 35.5. The van der Waals surface area contributed by atoms with E-state index in [9.17, 15) is 0 Å². The Kier molecular flexibility index (Phi) is 5.48. The molecule has 1 rings (SSSR count). The minimum Gasteiger partial charge on any atom is -0.383 e. The highest BCUT2D eigenvalue weighted by Gasteiger charge is 2.09. The quantitative estimate of drug-likeness (QED) is 0.816. The SMILES string of the molecule is CCNC(COC)Cc1ccc(Cl)s1. The molecule has 1 aromatic rings. The molecule has 1 atom stereocenters. The number of rotatable bonds is 6. The molecule has 0 spiro atoms. The fraction of sp³-hybridized carbons (Fsp3) is 0.600. The summed E-state index contributed by atoms with van der Waals surface area (Å²) in [5, 5.41) is 3.38. The molecule has 0 saturated heterocycles. The summed E-state index contributed by atoms with van der Waals surface area (Å²) in [5.74, 6) is 0. The van der Waals surface area contributed by atoms with Gasteiger partial charge in [0.05, 0.1) is 10.9 Å². The summed E-state index contributed by atoms with van der Waals surface area (Å²) in [6, 6.07) is 4.41. The molecule has 0 aliphatic rings. The second-order valence-corrected chi connectivity index (χ2v) is 4.92. The highest BCUT2D eigenvalue weighted by Crippen LogP contribution is 2.22. The van der Waals surface area contributed by atoms with Crippen molar-refractivity contribution in [1.82, 2.24) is 5.32 Å². The first kappa shape index (κ1) is 12.0. The van der Waals surface area contributed by atoms with Crippen molar-refractivity contribution < 1.29 is 4.74 Å². The van der Waals surface area contributed by atoms with Crippen LogP contribution in [0.15, 0.2) is 12.1 Å². The third-order valence-electron chi connectivity index (χ3n) is 1.94. The fourth-order valence-electron chi connectivity index (χ4n) is 1.38. The maximum absolute atomic E-state index is 5.86. The lowest BCUT2D eigenvalue weighted by molar-refractivity contribution is 0.167. The van der Waals surface area contributed by atoms with Crippen LogP contribution in [-0.2, 0) is 11.2 Å². The van der Waals surface area contributed by atoms with E-state index in [2.05, 4.69) is 18.3 Å². The van der Waals surface area contributed by atoms with Gasteiger partial charge in [0.1, 0.15) is 0 Å². The topological polar surface area (TPSA) is 21.3 Å². The number of thiophene rings is 1. The Labute approximate surface area is 94.2 Å². The molecule has 0 amide bonds. The summed E-state index contributed by atoms with van der Waals surface area (Å²) in [4.78, 5) is 1.30.